The molecule has 176 valence electrons. The van der Waals surface area contributed by atoms with Crippen molar-refractivity contribution in [3.05, 3.63) is 95.6 Å². The molecule has 0 spiro atoms. The third-order valence-electron chi connectivity index (χ3n) is 6.94. The molecule has 2 aliphatic heterocycles. The van der Waals surface area contributed by atoms with Crippen LogP contribution < -0.4 is 0 Å². The van der Waals surface area contributed by atoms with Gasteiger partial charge in [0.15, 0.2) is 6.29 Å². The molecule has 7 heteroatoms. The van der Waals surface area contributed by atoms with E-state index in [1.54, 1.807) is 0 Å². The van der Waals surface area contributed by atoms with E-state index in [0.29, 0.717) is 6.61 Å². The lowest BCUT2D eigenvalue weighted by Gasteiger charge is -2.45. The van der Waals surface area contributed by atoms with Gasteiger partial charge in [-0.15, -0.1) is 0 Å². The fourth-order valence-electron chi connectivity index (χ4n) is 5.23. The molecule has 2 saturated heterocycles. The summed E-state index contributed by atoms with van der Waals surface area (Å²) in [6, 6.07) is 26.0. The first-order valence-corrected chi connectivity index (χ1v) is 11.9. The molecule has 3 aliphatic rings. The van der Waals surface area contributed by atoms with Crippen molar-refractivity contribution in [2.75, 3.05) is 19.8 Å². The topological polar surface area (TPSA) is 63.2 Å². The van der Waals surface area contributed by atoms with Gasteiger partial charge in [0.1, 0.15) is 24.9 Å². The summed E-state index contributed by atoms with van der Waals surface area (Å²) in [5.74, 6) is -0.584. The number of ether oxygens (including phenoxy) is 5. The minimum absolute atomic E-state index is 0.0483. The normalized spacial score (nSPS) is 27.4. The maximum absolute atomic E-state index is 12.8. The molecule has 0 aromatic heterocycles. The first-order chi connectivity index (χ1) is 17.2. The first kappa shape index (κ1) is 22.3. The maximum atomic E-state index is 12.8. The third kappa shape index (κ3) is 4.24. The van der Waals surface area contributed by atoms with E-state index in [-0.39, 0.29) is 25.2 Å². The zero-order chi connectivity index (χ0) is 23.8. The van der Waals surface area contributed by atoms with E-state index in [9.17, 15) is 4.79 Å². The molecule has 0 N–H and O–H groups in total. The predicted molar refractivity (Wildman–Crippen MR) is 129 cm³/mol. The highest BCUT2D eigenvalue weighted by atomic mass is 16.8. The fraction of sp³-hybridized carbons (Fsp3) is 0.321. The number of hydrogen-bond acceptors (Lipinski definition) is 6. The average molecular weight is 468 g/mol. The van der Waals surface area contributed by atoms with Gasteiger partial charge < -0.3 is 23.7 Å². The Morgan fingerprint density at radius 3 is 2.23 bits per heavy atom. The van der Waals surface area contributed by atoms with Crippen molar-refractivity contribution in [1.29, 1.82) is 0 Å². The zero-order valence-corrected chi connectivity index (χ0v) is 19.1. The van der Waals surface area contributed by atoms with Crippen LogP contribution in [0.4, 0.5) is 4.79 Å². The summed E-state index contributed by atoms with van der Waals surface area (Å²) in [7, 11) is 6.28. The lowest BCUT2D eigenvalue weighted by atomic mass is 9.77. The summed E-state index contributed by atoms with van der Waals surface area (Å²) in [5, 5.41) is 0. The molecular formula is C28H25BO6. The fourth-order valence-corrected chi connectivity index (χ4v) is 5.23. The second-order valence-electron chi connectivity index (χ2n) is 9.08. The van der Waals surface area contributed by atoms with Crippen molar-refractivity contribution in [1.82, 2.24) is 0 Å². The van der Waals surface area contributed by atoms with Crippen molar-refractivity contribution in [3.63, 3.8) is 0 Å². The number of carbonyl (C=O) groups is 1. The highest BCUT2D eigenvalue weighted by Crippen LogP contribution is 2.44. The summed E-state index contributed by atoms with van der Waals surface area (Å²) in [6.45, 7) is 0.739. The van der Waals surface area contributed by atoms with E-state index in [1.807, 2.05) is 54.6 Å². The van der Waals surface area contributed by atoms with Gasteiger partial charge in [0.05, 0.1) is 14.5 Å². The molecule has 2 heterocycles. The molecule has 2 fully saturated rings. The molecule has 35 heavy (non-hydrogen) atoms. The van der Waals surface area contributed by atoms with Gasteiger partial charge in [0, 0.05) is 18.1 Å². The molecule has 3 aromatic carbocycles. The van der Waals surface area contributed by atoms with Crippen LogP contribution in [0.2, 0.25) is 5.82 Å². The number of fused-ring (bicyclic) bond motifs is 4. The summed E-state index contributed by atoms with van der Waals surface area (Å²) in [6.07, 6.45) is -2.99. The molecule has 2 radical (unpaired) electrons. The average Bonchev–Trinajstić information content (AvgIpc) is 3.23. The number of hydrogen-bond donors (Lipinski definition) is 0. The van der Waals surface area contributed by atoms with Gasteiger partial charge in [-0.3, -0.25) is 0 Å². The van der Waals surface area contributed by atoms with Gasteiger partial charge in [-0.2, -0.15) is 0 Å². The Kier molecular flexibility index (Phi) is 6.06. The smallest absolute Gasteiger partial charge is 0.433 e. The second-order valence-corrected chi connectivity index (χ2v) is 9.08. The van der Waals surface area contributed by atoms with Gasteiger partial charge >= 0.3 is 6.16 Å². The molecule has 6 rings (SSSR count). The number of carbonyl (C=O) groups excluding carboxylic acids is 1. The molecular weight excluding hydrogens is 443 g/mol. The van der Waals surface area contributed by atoms with Crippen molar-refractivity contribution in [3.8, 4) is 11.1 Å². The van der Waals surface area contributed by atoms with Crippen LogP contribution in [0.1, 0.15) is 28.9 Å². The third-order valence-corrected chi connectivity index (χ3v) is 6.94. The predicted octanol–water partition coefficient (Wildman–Crippen LogP) is 4.79. The van der Waals surface area contributed by atoms with Gasteiger partial charge in [-0.05, 0) is 28.1 Å². The molecule has 5 atom stereocenters. The van der Waals surface area contributed by atoms with Gasteiger partial charge in [-0.25, -0.2) is 4.79 Å². The molecule has 1 aliphatic carbocycles. The van der Waals surface area contributed by atoms with Gasteiger partial charge in [-0.1, -0.05) is 78.9 Å². The quantitative estimate of drug-likeness (QED) is 0.405. The molecule has 0 saturated carbocycles. The minimum atomic E-state index is -0.765. The maximum Gasteiger partial charge on any atom is 0.508 e. The van der Waals surface area contributed by atoms with Crippen molar-refractivity contribution in [2.45, 2.75) is 36.3 Å². The highest BCUT2D eigenvalue weighted by Gasteiger charge is 2.46. The van der Waals surface area contributed by atoms with E-state index in [0.717, 1.165) is 16.7 Å². The van der Waals surface area contributed by atoms with Crippen LogP contribution in [0.25, 0.3) is 11.1 Å². The molecule has 6 nitrogen and oxygen atoms in total. The molecule has 0 bridgehead atoms. The van der Waals surface area contributed by atoms with E-state index in [2.05, 4.69) is 24.3 Å². The standard InChI is InChI=1S/C28H25BO6/c29-23-15-31-24-16-32-27(17-8-2-1-3-9-17)34-26(24)25(23)35-28(30)33-14-22-20-12-6-4-10-18(20)19-11-5-7-13-21(19)22/h1-13,22-27H,14-16H2/t23?,24?,25?,26-,27?/m1/s1. The van der Waals surface area contributed by atoms with Crippen LogP contribution in [-0.2, 0) is 23.7 Å². The number of benzene rings is 3. The van der Waals surface area contributed by atoms with E-state index in [1.165, 1.54) is 11.1 Å². The Bertz CT molecular complexity index is 1160. The largest absolute Gasteiger partial charge is 0.508 e. The summed E-state index contributed by atoms with van der Waals surface area (Å²) in [5.41, 5.74) is 5.50. The lowest BCUT2D eigenvalue weighted by Crippen LogP contribution is -2.56. The second kappa shape index (κ2) is 9.49. The molecule has 3 aromatic rings. The Morgan fingerprint density at radius 2 is 1.51 bits per heavy atom. The summed E-state index contributed by atoms with van der Waals surface area (Å²) >= 11 is 0. The van der Waals surface area contributed by atoms with Crippen LogP contribution in [0.5, 0.6) is 0 Å². The summed E-state index contributed by atoms with van der Waals surface area (Å²) in [4.78, 5) is 12.8. The van der Waals surface area contributed by atoms with Crippen LogP contribution in [0.3, 0.4) is 0 Å². The lowest BCUT2D eigenvalue weighted by molar-refractivity contribution is -0.299. The minimum Gasteiger partial charge on any atom is -0.433 e. The van der Waals surface area contributed by atoms with Crippen molar-refractivity contribution >= 4 is 14.0 Å². The SMILES string of the molecule is [B]C1COC2COC(c3ccccc3)O[C@H]2C1OC(=O)OCC1c2ccccc2-c2ccccc21. The van der Waals surface area contributed by atoms with Gasteiger partial charge in [0.2, 0.25) is 0 Å². The zero-order valence-electron chi connectivity index (χ0n) is 19.1. The Hall–Kier alpha value is -3.13. The van der Waals surface area contributed by atoms with Crippen LogP contribution in [0.15, 0.2) is 78.9 Å². The Morgan fingerprint density at radius 1 is 0.857 bits per heavy atom. The molecule has 4 unspecified atom stereocenters. The monoisotopic (exact) mass is 468 g/mol. The van der Waals surface area contributed by atoms with E-state index in [4.69, 9.17) is 31.5 Å². The number of rotatable bonds is 4. The summed E-state index contributed by atoms with van der Waals surface area (Å²) < 4.78 is 29.2. The molecule has 0 amide bonds. The Balaban J connectivity index is 1.14. The van der Waals surface area contributed by atoms with Crippen molar-refractivity contribution < 1.29 is 28.5 Å². The van der Waals surface area contributed by atoms with E-state index >= 15 is 0 Å². The first-order valence-electron chi connectivity index (χ1n) is 11.9. The van der Waals surface area contributed by atoms with E-state index < -0.39 is 30.5 Å². The van der Waals surface area contributed by atoms with Gasteiger partial charge in [0.25, 0.3) is 0 Å². The van der Waals surface area contributed by atoms with Crippen LogP contribution in [0, 0.1) is 0 Å². The highest BCUT2D eigenvalue weighted by molar-refractivity contribution is 6.12. The van der Waals surface area contributed by atoms with Crippen LogP contribution >= 0.6 is 0 Å². The Labute approximate surface area is 205 Å². The van der Waals surface area contributed by atoms with Crippen LogP contribution in [-0.4, -0.2) is 52.1 Å². The van der Waals surface area contributed by atoms with Crippen molar-refractivity contribution in [2.24, 2.45) is 0 Å².